The molecule has 3 rings (SSSR count). The van der Waals surface area contributed by atoms with Crippen LogP contribution in [0.5, 0.6) is 11.5 Å². The van der Waals surface area contributed by atoms with Crippen molar-refractivity contribution in [3.8, 4) is 11.5 Å². The molecule has 0 saturated heterocycles. The first-order valence-corrected chi connectivity index (χ1v) is 8.83. The average molecular weight is 394 g/mol. The monoisotopic (exact) mass is 394 g/mol. The lowest BCUT2D eigenvalue weighted by atomic mass is 10.0. The molecule has 0 saturated carbocycles. The van der Waals surface area contributed by atoms with Crippen molar-refractivity contribution in [2.45, 2.75) is 13.0 Å². The van der Waals surface area contributed by atoms with E-state index in [2.05, 4.69) is 6.58 Å². The van der Waals surface area contributed by atoms with Crippen molar-refractivity contribution in [1.29, 1.82) is 0 Å². The van der Waals surface area contributed by atoms with Gasteiger partial charge in [-0.25, -0.2) is 14.0 Å². The van der Waals surface area contributed by atoms with Gasteiger partial charge in [-0.15, -0.1) is 0 Å². The molecule has 3 aromatic carbocycles. The van der Waals surface area contributed by atoms with E-state index in [4.69, 9.17) is 14.2 Å². The Balaban J connectivity index is 1.83. The number of benzene rings is 3. The van der Waals surface area contributed by atoms with Crippen LogP contribution in [0.4, 0.5) is 4.39 Å². The Morgan fingerprint density at radius 3 is 2.41 bits per heavy atom. The van der Waals surface area contributed by atoms with Gasteiger partial charge in [0.2, 0.25) is 0 Å². The molecule has 0 spiro atoms. The van der Waals surface area contributed by atoms with Gasteiger partial charge < -0.3 is 14.2 Å². The lowest BCUT2D eigenvalue weighted by Crippen LogP contribution is -2.08. The molecule has 0 bridgehead atoms. The first kappa shape index (κ1) is 20.1. The van der Waals surface area contributed by atoms with Crippen LogP contribution in [0.1, 0.15) is 28.9 Å². The van der Waals surface area contributed by atoms with Crippen molar-refractivity contribution >= 4 is 22.7 Å². The van der Waals surface area contributed by atoms with Gasteiger partial charge in [-0.3, -0.25) is 0 Å². The topological polar surface area (TPSA) is 61.8 Å². The molecule has 5 nitrogen and oxygen atoms in total. The molecule has 1 atom stereocenters. The van der Waals surface area contributed by atoms with Crippen molar-refractivity contribution in [2.75, 3.05) is 7.11 Å². The molecule has 29 heavy (non-hydrogen) atoms. The highest BCUT2D eigenvalue weighted by molar-refractivity contribution is 5.92. The fourth-order valence-corrected chi connectivity index (χ4v) is 2.80. The number of ether oxygens (including phenoxy) is 3. The van der Waals surface area contributed by atoms with Crippen LogP contribution in [0, 0.1) is 5.82 Å². The number of carbonyl (C=O) groups is 2. The van der Waals surface area contributed by atoms with Crippen LogP contribution in [0.25, 0.3) is 10.8 Å². The zero-order chi connectivity index (χ0) is 21.0. The summed E-state index contributed by atoms with van der Waals surface area (Å²) in [5.41, 5.74) is 0.953. The summed E-state index contributed by atoms with van der Waals surface area (Å²) in [4.78, 5) is 23.7. The number of fused-ring (bicyclic) bond motifs is 1. The minimum Gasteiger partial charge on any atom is -0.497 e. The molecule has 6 heteroatoms. The molecular formula is C23H19FO5. The van der Waals surface area contributed by atoms with Crippen LogP contribution in [0.3, 0.4) is 0 Å². The lowest BCUT2D eigenvalue weighted by molar-refractivity contribution is -0.142. The number of carbonyl (C=O) groups excluding carboxylic acids is 2. The summed E-state index contributed by atoms with van der Waals surface area (Å²) in [5, 5.41) is 0.877. The minimum atomic E-state index is -0.604. The van der Waals surface area contributed by atoms with E-state index < -0.39 is 23.9 Å². The third-order valence-corrected chi connectivity index (χ3v) is 4.37. The summed E-state index contributed by atoms with van der Waals surface area (Å²) < 4.78 is 30.2. The van der Waals surface area contributed by atoms with Crippen LogP contribution < -0.4 is 9.47 Å². The molecule has 0 radical (unpaired) electrons. The maximum atomic E-state index is 14.6. The molecule has 0 aliphatic rings. The van der Waals surface area contributed by atoms with E-state index in [0.717, 1.165) is 12.1 Å². The molecular weight excluding hydrogens is 375 g/mol. The highest BCUT2D eigenvalue weighted by Gasteiger charge is 2.14. The third-order valence-electron chi connectivity index (χ3n) is 4.37. The van der Waals surface area contributed by atoms with Gasteiger partial charge in [0.15, 0.2) is 0 Å². The summed E-state index contributed by atoms with van der Waals surface area (Å²) in [5.74, 6) is -1.01. The Bertz CT molecular complexity index is 1070. The van der Waals surface area contributed by atoms with Crippen molar-refractivity contribution < 1.29 is 28.2 Å². The van der Waals surface area contributed by atoms with Crippen molar-refractivity contribution in [3.63, 3.8) is 0 Å². The van der Waals surface area contributed by atoms with Gasteiger partial charge >= 0.3 is 11.9 Å². The van der Waals surface area contributed by atoms with Crippen LogP contribution in [-0.2, 0) is 9.53 Å². The van der Waals surface area contributed by atoms with Gasteiger partial charge in [0.1, 0.15) is 23.4 Å². The first-order chi connectivity index (χ1) is 13.9. The van der Waals surface area contributed by atoms with Crippen LogP contribution >= 0.6 is 0 Å². The van der Waals surface area contributed by atoms with E-state index >= 15 is 0 Å². The van der Waals surface area contributed by atoms with E-state index in [1.807, 2.05) is 0 Å². The Morgan fingerprint density at radius 1 is 1.03 bits per heavy atom. The number of hydrogen-bond acceptors (Lipinski definition) is 5. The number of halogens is 1. The van der Waals surface area contributed by atoms with Gasteiger partial charge in [-0.05, 0) is 54.3 Å². The Hall–Kier alpha value is -3.67. The number of methoxy groups -OCH3 is 1. The second kappa shape index (κ2) is 8.56. The van der Waals surface area contributed by atoms with Crippen molar-refractivity contribution in [2.24, 2.45) is 0 Å². The zero-order valence-corrected chi connectivity index (χ0v) is 16.0. The maximum Gasteiger partial charge on any atom is 0.343 e. The largest absolute Gasteiger partial charge is 0.497 e. The molecule has 0 fully saturated rings. The molecule has 0 N–H and O–H groups in total. The van der Waals surface area contributed by atoms with Crippen LogP contribution in [0.2, 0.25) is 0 Å². The molecule has 148 valence electrons. The standard InChI is InChI=1S/C23H19FO5/c1-4-22(25)28-14(2)16-5-6-17-11-19(13-21(24)20(17)12-16)29-23(26)15-7-9-18(27-3)10-8-15/h4-14H,1H2,2-3H3. The van der Waals surface area contributed by atoms with Crippen LogP contribution in [-0.4, -0.2) is 19.0 Å². The Morgan fingerprint density at radius 2 is 1.76 bits per heavy atom. The quantitative estimate of drug-likeness (QED) is 0.335. The smallest absolute Gasteiger partial charge is 0.343 e. The van der Waals surface area contributed by atoms with E-state index in [-0.39, 0.29) is 5.75 Å². The Kier molecular flexibility index (Phi) is 5.93. The summed E-state index contributed by atoms with van der Waals surface area (Å²) in [6.07, 6.45) is 0.513. The number of esters is 2. The fourth-order valence-electron chi connectivity index (χ4n) is 2.80. The van der Waals surface area contributed by atoms with Gasteiger partial charge in [-0.1, -0.05) is 18.7 Å². The van der Waals surface area contributed by atoms with E-state index in [0.29, 0.717) is 27.6 Å². The molecule has 0 heterocycles. The van der Waals surface area contributed by atoms with Crippen molar-refractivity contribution in [3.05, 3.63) is 84.2 Å². The molecule has 1 unspecified atom stereocenters. The SMILES string of the molecule is C=CC(=O)OC(C)c1ccc2cc(OC(=O)c3ccc(OC)cc3)cc(F)c2c1. The maximum absolute atomic E-state index is 14.6. The van der Waals surface area contributed by atoms with E-state index in [1.165, 1.54) is 7.11 Å². The molecule has 0 aliphatic heterocycles. The van der Waals surface area contributed by atoms with Gasteiger partial charge in [-0.2, -0.15) is 0 Å². The van der Waals surface area contributed by atoms with E-state index in [9.17, 15) is 14.0 Å². The highest BCUT2D eigenvalue weighted by atomic mass is 19.1. The Labute approximate surface area is 167 Å². The van der Waals surface area contributed by atoms with Gasteiger partial charge in [0, 0.05) is 17.5 Å². The average Bonchev–Trinajstić information content (AvgIpc) is 2.73. The summed E-state index contributed by atoms with van der Waals surface area (Å²) >= 11 is 0. The summed E-state index contributed by atoms with van der Waals surface area (Å²) in [6.45, 7) is 5.04. The molecule has 0 aromatic heterocycles. The third kappa shape index (κ3) is 4.60. The molecule has 3 aromatic rings. The molecule has 0 amide bonds. The van der Waals surface area contributed by atoms with E-state index in [1.54, 1.807) is 55.5 Å². The minimum absolute atomic E-state index is 0.0923. The first-order valence-electron chi connectivity index (χ1n) is 8.83. The second-order valence-corrected chi connectivity index (χ2v) is 6.29. The van der Waals surface area contributed by atoms with Gasteiger partial charge in [0.05, 0.1) is 12.7 Å². The fraction of sp³-hybridized carbons (Fsp3) is 0.130. The zero-order valence-electron chi connectivity index (χ0n) is 16.0. The summed E-state index contributed by atoms with van der Waals surface area (Å²) in [6, 6.07) is 14.1. The number of rotatable bonds is 6. The van der Waals surface area contributed by atoms with Gasteiger partial charge in [0.25, 0.3) is 0 Å². The molecule has 0 aliphatic carbocycles. The number of hydrogen-bond donors (Lipinski definition) is 0. The lowest BCUT2D eigenvalue weighted by Gasteiger charge is -2.14. The summed E-state index contributed by atoms with van der Waals surface area (Å²) in [7, 11) is 1.53. The van der Waals surface area contributed by atoms with Crippen molar-refractivity contribution in [1.82, 2.24) is 0 Å². The predicted octanol–water partition coefficient (Wildman–Crippen LogP) is 5.00. The van der Waals surface area contributed by atoms with Crippen LogP contribution in [0.15, 0.2) is 67.3 Å². The normalized spacial score (nSPS) is 11.6. The predicted molar refractivity (Wildman–Crippen MR) is 107 cm³/mol. The highest BCUT2D eigenvalue weighted by Crippen LogP contribution is 2.29. The second-order valence-electron chi connectivity index (χ2n) is 6.29.